The summed E-state index contributed by atoms with van der Waals surface area (Å²) in [6, 6.07) is 11.3. The quantitative estimate of drug-likeness (QED) is 0.830. The van der Waals surface area contributed by atoms with Gasteiger partial charge in [-0.15, -0.1) is 0 Å². The molecule has 1 aliphatic heterocycles. The van der Waals surface area contributed by atoms with Gasteiger partial charge in [0, 0.05) is 18.9 Å². The van der Waals surface area contributed by atoms with Gasteiger partial charge in [-0.2, -0.15) is 0 Å². The topological polar surface area (TPSA) is 47.6 Å². The van der Waals surface area contributed by atoms with Crippen LogP contribution in [0.2, 0.25) is 5.02 Å². The Morgan fingerprint density at radius 3 is 2.54 bits per heavy atom. The van der Waals surface area contributed by atoms with Gasteiger partial charge in [-0.05, 0) is 55.7 Å². The van der Waals surface area contributed by atoms with Crippen LogP contribution in [0.4, 0.5) is 10.1 Å². The third kappa shape index (κ3) is 3.84. The van der Waals surface area contributed by atoms with Gasteiger partial charge in [0.15, 0.2) is 0 Å². The molecule has 2 aromatic carbocycles. The third-order valence-electron chi connectivity index (χ3n) is 4.67. The maximum absolute atomic E-state index is 13.3. The van der Waals surface area contributed by atoms with Gasteiger partial charge in [0.25, 0.3) is 0 Å². The van der Waals surface area contributed by atoms with E-state index in [1.807, 2.05) is 6.92 Å². The Kier molecular flexibility index (Phi) is 5.79. The summed E-state index contributed by atoms with van der Waals surface area (Å²) in [5.41, 5.74) is 0.630. The molecule has 3 rings (SSSR count). The van der Waals surface area contributed by atoms with Crippen LogP contribution in [-0.2, 0) is 14.9 Å². The van der Waals surface area contributed by atoms with E-state index in [1.54, 1.807) is 30.3 Å². The number of nitrogens with one attached hydrogen (secondary N) is 1. The number of carbonyl (C=O) groups excluding carboxylic acids is 1. The first-order chi connectivity index (χ1) is 12.5. The van der Waals surface area contributed by atoms with Gasteiger partial charge in [0.2, 0.25) is 5.91 Å². The van der Waals surface area contributed by atoms with Gasteiger partial charge in [-0.25, -0.2) is 4.39 Å². The van der Waals surface area contributed by atoms with Crippen LogP contribution in [0.1, 0.15) is 25.3 Å². The molecule has 0 bridgehead atoms. The highest BCUT2D eigenvalue weighted by molar-refractivity contribution is 6.32. The molecule has 6 heteroatoms. The summed E-state index contributed by atoms with van der Waals surface area (Å²) in [5, 5.41) is 3.38. The lowest BCUT2D eigenvalue weighted by atomic mass is 9.73. The summed E-state index contributed by atoms with van der Waals surface area (Å²) in [5.74, 6) is 0.105. The lowest BCUT2D eigenvalue weighted by molar-refractivity contribution is -0.125. The highest BCUT2D eigenvalue weighted by atomic mass is 35.5. The van der Waals surface area contributed by atoms with Crippen molar-refractivity contribution >= 4 is 23.2 Å². The van der Waals surface area contributed by atoms with Crippen LogP contribution in [0, 0.1) is 5.82 Å². The summed E-state index contributed by atoms with van der Waals surface area (Å²) in [6.45, 7) is 3.35. The Bertz CT molecular complexity index is 773. The van der Waals surface area contributed by atoms with E-state index in [4.69, 9.17) is 21.1 Å². The minimum absolute atomic E-state index is 0.146. The van der Waals surface area contributed by atoms with Crippen LogP contribution in [0.5, 0.6) is 5.75 Å². The lowest BCUT2D eigenvalue weighted by Gasteiger charge is -2.36. The normalized spacial score (nSPS) is 16.1. The molecule has 0 aromatic heterocycles. The zero-order chi connectivity index (χ0) is 18.6. The van der Waals surface area contributed by atoms with Gasteiger partial charge >= 0.3 is 0 Å². The molecule has 0 saturated carbocycles. The van der Waals surface area contributed by atoms with Crippen LogP contribution in [0.25, 0.3) is 0 Å². The molecule has 26 heavy (non-hydrogen) atoms. The average Bonchev–Trinajstić information content (AvgIpc) is 2.65. The summed E-state index contributed by atoms with van der Waals surface area (Å²) >= 11 is 6.21. The molecule has 1 heterocycles. The molecule has 1 fully saturated rings. The molecule has 0 radical (unpaired) electrons. The smallest absolute Gasteiger partial charge is 0.235 e. The molecule has 4 nitrogen and oxygen atoms in total. The maximum Gasteiger partial charge on any atom is 0.235 e. The zero-order valence-corrected chi connectivity index (χ0v) is 15.3. The molecule has 1 N–H and O–H groups in total. The second kappa shape index (κ2) is 8.06. The number of ether oxygens (including phenoxy) is 2. The van der Waals surface area contributed by atoms with E-state index in [2.05, 4.69) is 5.32 Å². The second-order valence-corrected chi connectivity index (χ2v) is 6.64. The molecule has 0 atom stereocenters. The molecule has 0 unspecified atom stereocenters. The van der Waals surface area contributed by atoms with Crippen molar-refractivity contribution in [1.82, 2.24) is 0 Å². The van der Waals surface area contributed by atoms with E-state index in [9.17, 15) is 9.18 Å². The van der Waals surface area contributed by atoms with Crippen molar-refractivity contribution in [3.63, 3.8) is 0 Å². The number of amides is 1. The first kappa shape index (κ1) is 18.7. The molecule has 1 saturated heterocycles. The van der Waals surface area contributed by atoms with Crippen molar-refractivity contribution < 1.29 is 18.7 Å². The number of rotatable bonds is 5. The average molecular weight is 378 g/mol. The number of anilines is 1. The highest BCUT2D eigenvalue weighted by Crippen LogP contribution is 2.37. The van der Waals surface area contributed by atoms with Crippen molar-refractivity contribution in [2.75, 3.05) is 25.1 Å². The second-order valence-electron chi connectivity index (χ2n) is 6.23. The van der Waals surface area contributed by atoms with E-state index in [1.165, 1.54) is 12.1 Å². The van der Waals surface area contributed by atoms with E-state index in [-0.39, 0.29) is 11.7 Å². The van der Waals surface area contributed by atoms with Crippen LogP contribution < -0.4 is 10.1 Å². The number of benzene rings is 2. The van der Waals surface area contributed by atoms with Gasteiger partial charge in [0.1, 0.15) is 11.6 Å². The Labute approximate surface area is 157 Å². The van der Waals surface area contributed by atoms with Crippen molar-refractivity contribution in [3.8, 4) is 5.75 Å². The predicted octanol–water partition coefficient (Wildman–Crippen LogP) is 4.56. The van der Waals surface area contributed by atoms with Gasteiger partial charge in [-0.3, -0.25) is 4.79 Å². The first-order valence-corrected chi connectivity index (χ1v) is 9.00. The summed E-state index contributed by atoms with van der Waals surface area (Å²) in [7, 11) is 0. The number of hydrogen-bond donors (Lipinski definition) is 1. The molecule has 1 aliphatic rings. The highest BCUT2D eigenvalue weighted by Gasteiger charge is 2.41. The third-order valence-corrected chi connectivity index (χ3v) is 4.96. The van der Waals surface area contributed by atoms with Crippen molar-refractivity contribution in [1.29, 1.82) is 0 Å². The van der Waals surface area contributed by atoms with Gasteiger partial charge in [0.05, 0.1) is 17.0 Å². The standard InChI is InChI=1S/C20H21ClFNO3/c1-2-26-18-8-7-16(13-17(18)21)23-19(24)20(9-11-25-12-10-20)14-3-5-15(22)6-4-14/h3-8,13H,2,9-12H2,1H3,(H,23,24). The Hall–Kier alpha value is -2.11. The Morgan fingerprint density at radius 1 is 1.23 bits per heavy atom. The molecule has 0 spiro atoms. The monoisotopic (exact) mass is 377 g/mol. The largest absolute Gasteiger partial charge is 0.492 e. The lowest BCUT2D eigenvalue weighted by Crippen LogP contribution is -2.44. The number of hydrogen-bond acceptors (Lipinski definition) is 3. The molecule has 2 aromatic rings. The van der Waals surface area contributed by atoms with Crippen LogP contribution in [0.3, 0.4) is 0 Å². The molecular formula is C20H21ClFNO3. The molecular weight excluding hydrogens is 357 g/mol. The maximum atomic E-state index is 13.3. The number of carbonyl (C=O) groups is 1. The summed E-state index contributed by atoms with van der Waals surface area (Å²) < 4.78 is 24.2. The predicted molar refractivity (Wildman–Crippen MR) is 99.4 cm³/mol. The Balaban J connectivity index is 1.86. The fraction of sp³-hybridized carbons (Fsp3) is 0.350. The minimum atomic E-state index is -0.753. The van der Waals surface area contributed by atoms with Gasteiger partial charge < -0.3 is 14.8 Å². The minimum Gasteiger partial charge on any atom is -0.492 e. The summed E-state index contributed by atoms with van der Waals surface area (Å²) in [6.07, 6.45) is 1.07. The zero-order valence-electron chi connectivity index (χ0n) is 14.6. The van der Waals surface area contributed by atoms with E-state index in [0.717, 1.165) is 5.56 Å². The van der Waals surface area contributed by atoms with Crippen molar-refractivity contribution in [2.45, 2.75) is 25.2 Å². The summed E-state index contributed by atoms with van der Waals surface area (Å²) in [4.78, 5) is 13.2. The van der Waals surface area contributed by atoms with Crippen LogP contribution in [0.15, 0.2) is 42.5 Å². The first-order valence-electron chi connectivity index (χ1n) is 8.63. The van der Waals surface area contributed by atoms with Crippen molar-refractivity contribution in [2.24, 2.45) is 0 Å². The van der Waals surface area contributed by atoms with E-state index in [0.29, 0.717) is 49.1 Å². The molecule has 138 valence electrons. The van der Waals surface area contributed by atoms with Crippen LogP contribution in [-0.4, -0.2) is 25.7 Å². The molecule has 0 aliphatic carbocycles. The van der Waals surface area contributed by atoms with Gasteiger partial charge in [-0.1, -0.05) is 23.7 Å². The van der Waals surface area contributed by atoms with E-state index >= 15 is 0 Å². The van der Waals surface area contributed by atoms with Crippen molar-refractivity contribution in [3.05, 3.63) is 58.9 Å². The molecule has 1 amide bonds. The van der Waals surface area contributed by atoms with E-state index < -0.39 is 5.41 Å². The fourth-order valence-electron chi connectivity index (χ4n) is 3.24. The van der Waals surface area contributed by atoms with Crippen LogP contribution >= 0.6 is 11.6 Å². The number of halogens is 2. The Morgan fingerprint density at radius 2 is 1.92 bits per heavy atom. The fourth-order valence-corrected chi connectivity index (χ4v) is 3.47. The SMILES string of the molecule is CCOc1ccc(NC(=O)C2(c3ccc(F)cc3)CCOCC2)cc1Cl.